The maximum absolute atomic E-state index is 12.3. The van der Waals surface area contributed by atoms with Gasteiger partial charge >= 0.3 is 0 Å². The van der Waals surface area contributed by atoms with Crippen molar-refractivity contribution in [2.75, 3.05) is 5.73 Å². The zero-order valence-electron chi connectivity index (χ0n) is 11.6. The summed E-state index contributed by atoms with van der Waals surface area (Å²) >= 11 is 0. The highest BCUT2D eigenvalue weighted by Crippen LogP contribution is 2.31. The summed E-state index contributed by atoms with van der Waals surface area (Å²) in [7, 11) is 0. The molecule has 1 heterocycles. The van der Waals surface area contributed by atoms with Crippen molar-refractivity contribution in [3.05, 3.63) is 63.6 Å². The summed E-state index contributed by atoms with van der Waals surface area (Å²) < 4.78 is 0. The largest absolute Gasteiger partial charge is 0.399 e. The van der Waals surface area contributed by atoms with Crippen LogP contribution in [0.25, 0.3) is 0 Å². The molecule has 1 unspecified atom stereocenters. The summed E-state index contributed by atoms with van der Waals surface area (Å²) in [5, 5.41) is 2.95. The van der Waals surface area contributed by atoms with Gasteiger partial charge in [0.1, 0.15) is 5.56 Å². The number of nitrogens with one attached hydrogen (secondary N) is 2. The number of rotatable bonds is 2. The molecule has 1 atom stereocenters. The first-order chi connectivity index (χ1) is 10.1. The lowest BCUT2D eigenvalue weighted by molar-refractivity contribution is 0.0931. The Labute approximate surface area is 122 Å². The Morgan fingerprint density at radius 2 is 2.19 bits per heavy atom. The molecule has 0 spiro atoms. The molecule has 1 aromatic carbocycles. The van der Waals surface area contributed by atoms with E-state index < -0.39 is 0 Å². The van der Waals surface area contributed by atoms with Crippen molar-refractivity contribution in [3.63, 3.8) is 0 Å². The van der Waals surface area contributed by atoms with Crippen molar-refractivity contribution in [3.8, 4) is 0 Å². The number of anilines is 1. The van der Waals surface area contributed by atoms with Gasteiger partial charge in [-0.1, -0.05) is 6.07 Å². The van der Waals surface area contributed by atoms with E-state index in [1.54, 1.807) is 6.07 Å². The Morgan fingerprint density at radius 3 is 3.00 bits per heavy atom. The predicted octanol–water partition coefficient (Wildman–Crippen LogP) is 1.76. The van der Waals surface area contributed by atoms with Crippen molar-refractivity contribution in [1.29, 1.82) is 0 Å². The maximum atomic E-state index is 12.3. The Bertz CT molecular complexity index is 736. The fraction of sp³-hybridized carbons (Fsp3) is 0.250. The van der Waals surface area contributed by atoms with Crippen LogP contribution in [0.2, 0.25) is 0 Å². The molecular formula is C16H17N3O2. The van der Waals surface area contributed by atoms with Crippen LogP contribution >= 0.6 is 0 Å². The van der Waals surface area contributed by atoms with E-state index in [1.807, 2.05) is 18.2 Å². The van der Waals surface area contributed by atoms with Gasteiger partial charge in [-0.3, -0.25) is 9.59 Å². The molecule has 1 amide bonds. The lowest BCUT2D eigenvalue weighted by Crippen LogP contribution is -2.34. The second-order valence-electron chi connectivity index (χ2n) is 5.29. The lowest BCUT2D eigenvalue weighted by Gasteiger charge is -2.26. The molecule has 0 saturated heterocycles. The van der Waals surface area contributed by atoms with Crippen molar-refractivity contribution in [2.24, 2.45) is 0 Å². The molecule has 108 valence electrons. The molecule has 0 fully saturated rings. The van der Waals surface area contributed by atoms with E-state index in [2.05, 4.69) is 10.3 Å². The smallest absolute Gasteiger partial charge is 0.260 e. The molecule has 1 aliphatic carbocycles. The monoisotopic (exact) mass is 283 g/mol. The fourth-order valence-electron chi connectivity index (χ4n) is 2.82. The van der Waals surface area contributed by atoms with Gasteiger partial charge in [0.05, 0.1) is 6.04 Å². The van der Waals surface area contributed by atoms with Gasteiger partial charge in [0.15, 0.2) is 0 Å². The van der Waals surface area contributed by atoms with Crippen LogP contribution in [0.1, 0.15) is 40.4 Å². The normalized spacial score (nSPS) is 17.0. The van der Waals surface area contributed by atoms with Crippen molar-refractivity contribution in [2.45, 2.75) is 25.3 Å². The average molecular weight is 283 g/mol. The van der Waals surface area contributed by atoms with E-state index >= 15 is 0 Å². The number of aryl methyl sites for hydroxylation is 1. The fourth-order valence-corrected chi connectivity index (χ4v) is 2.82. The number of carbonyl (C=O) groups is 1. The minimum atomic E-state index is -0.372. The van der Waals surface area contributed by atoms with Gasteiger partial charge in [-0.2, -0.15) is 0 Å². The number of benzene rings is 1. The van der Waals surface area contributed by atoms with Crippen molar-refractivity contribution in [1.82, 2.24) is 10.3 Å². The molecule has 4 N–H and O–H groups in total. The number of nitrogens with two attached hydrogens (primary N) is 1. The summed E-state index contributed by atoms with van der Waals surface area (Å²) in [4.78, 5) is 26.4. The number of amides is 1. The molecule has 21 heavy (non-hydrogen) atoms. The van der Waals surface area contributed by atoms with Crippen LogP contribution in [0.3, 0.4) is 0 Å². The Balaban J connectivity index is 1.86. The highest BCUT2D eigenvalue weighted by atomic mass is 16.2. The number of aromatic nitrogens is 1. The molecule has 0 radical (unpaired) electrons. The first kappa shape index (κ1) is 13.4. The number of fused-ring (bicyclic) bond motifs is 1. The third-order valence-electron chi connectivity index (χ3n) is 3.85. The molecule has 0 bridgehead atoms. The van der Waals surface area contributed by atoms with Gasteiger partial charge in [0.2, 0.25) is 0 Å². The van der Waals surface area contributed by atoms with Crippen LogP contribution in [0, 0.1) is 0 Å². The van der Waals surface area contributed by atoms with E-state index in [0.717, 1.165) is 30.5 Å². The zero-order valence-corrected chi connectivity index (χ0v) is 11.6. The second kappa shape index (κ2) is 5.44. The molecule has 2 aromatic rings. The minimum absolute atomic E-state index is 0.0681. The van der Waals surface area contributed by atoms with Gasteiger partial charge in [-0.25, -0.2) is 0 Å². The second-order valence-corrected chi connectivity index (χ2v) is 5.29. The molecule has 1 aromatic heterocycles. The van der Waals surface area contributed by atoms with E-state index in [0.29, 0.717) is 0 Å². The zero-order chi connectivity index (χ0) is 14.8. The lowest BCUT2D eigenvalue weighted by atomic mass is 9.87. The Hall–Kier alpha value is -2.56. The molecule has 5 nitrogen and oxygen atoms in total. The molecule has 1 aliphatic rings. The molecule has 0 aliphatic heterocycles. The summed E-state index contributed by atoms with van der Waals surface area (Å²) in [6, 6.07) is 8.87. The molecule has 0 saturated carbocycles. The van der Waals surface area contributed by atoms with Gasteiger partial charge in [0.25, 0.3) is 11.5 Å². The average Bonchev–Trinajstić information content (AvgIpc) is 2.47. The van der Waals surface area contributed by atoms with Crippen LogP contribution in [0.4, 0.5) is 5.69 Å². The van der Waals surface area contributed by atoms with Gasteiger partial charge in [-0.05, 0) is 54.7 Å². The third-order valence-corrected chi connectivity index (χ3v) is 3.85. The van der Waals surface area contributed by atoms with E-state index in [9.17, 15) is 9.59 Å². The first-order valence-corrected chi connectivity index (χ1v) is 7.02. The van der Waals surface area contributed by atoms with Crippen molar-refractivity contribution < 1.29 is 4.79 Å². The molecule has 3 rings (SSSR count). The van der Waals surface area contributed by atoms with Gasteiger partial charge in [0, 0.05) is 11.9 Å². The Kier molecular flexibility index (Phi) is 3.48. The van der Waals surface area contributed by atoms with Crippen molar-refractivity contribution >= 4 is 11.6 Å². The quantitative estimate of drug-likeness (QED) is 0.734. The number of carbonyl (C=O) groups excluding carboxylic acids is 1. The third kappa shape index (κ3) is 2.67. The van der Waals surface area contributed by atoms with Crippen LogP contribution < -0.4 is 16.6 Å². The van der Waals surface area contributed by atoms with Gasteiger partial charge in [-0.15, -0.1) is 0 Å². The van der Waals surface area contributed by atoms with Crippen LogP contribution in [-0.4, -0.2) is 10.9 Å². The van der Waals surface area contributed by atoms with Crippen LogP contribution in [0.5, 0.6) is 0 Å². The van der Waals surface area contributed by atoms with E-state index in [1.165, 1.54) is 17.8 Å². The van der Waals surface area contributed by atoms with Crippen LogP contribution in [-0.2, 0) is 6.42 Å². The highest BCUT2D eigenvalue weighted by Gasteiger charge is 2.23. The number of nitrogen functional groups attached to an aromatic ring is 1. The summed E-state index contributed by atoms with van der Waals surface area (Å²) in [5.41, 5.74) is 8.58. The predicted molar refractivity (Wildman–Crippen MR) is 81.1 cm³/mol. The molecular weight excluding hydrogens is 266 g/mol. The number of hydrogen-bond donors (Lipinski definition) is 3. The standard InChI is InChI=1S/C16H17N3O2/c17-11-6-7-12-10(9-11)3-1-5-14(12)19-16(21)13-4-2-8-18-15(13)20/h2,4,6-9,14H,1,3,5,17H2,(H,18,20)(H,19,21). The topological polar surface area (TPSA) is 88.0 Å². The summed E-state index contributed by atoms with van der Waals surface area (Å²) in [6.45, 7) is 0. The number of H-pyrrole nitrogens is 1. The van der Waals surface area contributed by atoms with E-state index in [-0.39, 0.29) is 23.1 Å². The number of aromatic amines is 1. The summed E-state index contributed by atoms with van der Waals surface area (Å²) in [6.07, 6.45) is 4.34. The SMILES string of the molecule is Nc1ccc2c(c1)CCCC2NC(=O)c1ccc[nH]c1=O. The highest BCUT2D eigenvalue weighted by molar-refractivity contribution is 5.94. The number of hydrogen-bond acceptors (Lipinski definition) is 3. The van der Waals surface area contributed by atoms with Gasteiger partial charge < -0.3 is 16.0 Å². The maximum Gasteiger partial charge on any atom is 0.260 e. The van der Waals surface area contributed by atoms with Crippen LogP contribution in [0.15, 0.2) is 41.3 Å². The minimum Gasteiger partial charge on any atom is -0.399 e. The molecule has 5 heteroatoms. The summed E-state index contributed by atoms with van der Waals surface area (Å²) in [5.74, 6) is -0.341. The van der Waals surface area contributed by atoms with E-state index in [4.69, 9.17) is 5.73 Å². The number of pyridine rings is 1. The first-order valence-electron chi connectivity index (χ1n) is 7.02. The Morgan fingerprint density at radius 1 is 1.33 bits per heavy atom.